The lowest BCUT2D eigenvalue weighted by molar-refractivity contribution is -0.154. The van der Waals surface area contributed by atoms with Crippen LogP contribution < -0.4 is 5.32 Å². The van der Waals surface area contributed by atoms with Gasteiger partial charge in [0.15, 0.2) is 0 Å². The van der Waals surface area contributed by atoms with Crippen LogP contribution in [-0.2, 0) is 22.6 Å². The van der Waals surface area contributed by atoms with Crippen LogP contribution in [0.15, 0.2) is 66.9 Å². The van der Waals surface area contributed by atoms with Crippen LogP contribution in [0.25, 0.3) is 32.8 Å². The number of hydrogen-bond donors (Lipinski definition) is 2. The lowest BCUT2D eigenvalue weighted by Crippen LogP contribution is -2.53. The van der Waals surface area contributed by atoms with Crippen molar-refractivity contribution in [3.63, 3.8) is 0 Å². The van der Waals surface area contributed by atoms with Crippen molar-refractivity contribution in [3.8, 4) is 11.3 Å². The van der Waals surface area contributed by atoms with E-state index in [-0.39, 0.29) is 32.4 Å². The second-order valence-electron chi connectivity index (χ2n) is 13.4. The minimum Gasteiger partial charge on any atom is -0.480 e. The van der Waals surface area contributed by atoms with Gasteiger partial charge in [0.2, 0.25) is 5.91 Å². The second-order valence-corrected chi connectivity index (χ2v) is 13.4. The van der Waals surface area contributed by atoms with Gasteiger partial charge >= 0.3 is 12.1 Å². The topological polar surface area (TPSA) is 85.8 Å². The molecule has 0 bridgehead atoms. The van der Waals surface area contributed by atoms with Crippen LogP contribution in [0, 0.1) is 5.41 Å². The summed E-state index contributed by atoms with van der Waals surface area (Å²) in [6.07, 6.45) is 1.90. The smallest absolute Gasteiger partial charge is 0.401 e. The number of hydrogen-bond acceptors (Lipinski definition) is 5. The van der Waals surface area contributed by atoms with Crippen molar-refractivity contribution in [1.29, 1.82) is 0 Å². The van der Waals surface area contributed by atoms with Gasteiger partial charge in [-0.25, -0.2) is 4.79 Å². The van der Waals surface area contributed by atoms with Crippen molar-refractivity contribution in [3.05, 3.63) is 78.0 Å². The Kier molecular flexibility index (Phi) is 9.53. The Balaban J connectivity index is 1.25. The van der Waals surface area contributed by atoms with Crippen LogP contribution in [-0.4, -0.2) is 76.7 Å². The summed E-state index contributed by atoms with van der Waals surface area (Å²) in [5, 5.41) is 16.9. The molecule has 2 fully saturated rings. The second kappa shape index (κ2) is 13.6. The third-order valence-corrected chi connectivity index (χ3v) is 9.93. The predicted octanol–water partition coefficient (Wildman–Crippen LogP) is 6.82. The SMILES string of the molecule is CC1(C(=O)N[C@@H](Cc2cccc3c(-c4ncc(CN5CCCCC5)c5ccccc45)cccc23)C(=O)O)CCN(CC(F)(F)F)CC1. The summed E-state index contributed by atoms with van der Waals surface area (Å²) in [5.74, 6) is -1.61. The molecule has 4 aromatic rings. The van der Waals surface area contributed by atoms with E-state index in [1.54, 1.807) is 6.92 Å². The number of alkyl halides is 3. The predicted molar refractivity (Wildman–Crippen MR) is 177 cm³/mol. The summed E-state index contributed by atoms with van der Waals surface area (Å²) in [4.78, 5) is 34.6. The number of nitrogens with zero attached hydrogens (tertiary/aromatic N) is 3. The molecule has 0 unspecified atom stereocenters. The van der Waals surface area contributed by atoms with Crippen LogP contribution in [0.1, 0.15) is 50.2 Å². The number of likely N-dealkylation sites (tertiary alicyclic amines) is 2. The van der Waals surface area contributed by atoms with Gasteiger partial charge in [0.1, 0.15) is 6.04 Å². The Morgan fingerprint density at radius 3 is 2.19 bits per heavy atom. The van der Waals surface area contributed by atoms with Gasteiger partial charge in [-0.3, -0.25) is 19.6 Å². The molecule has 47 heavy (non-hydrogen) atoms. The van der Waals surface area contributed by atoms with E-state index in [1.165, 1.54) is 35.1 Å². The van der Waals surface area contributed by atoms with E-state index in [2.05, 4.69) is 28.4 Å². The first-order valence-corrected chi connectivity index (χ1v) is 16.4. The van der Waals surface area contributed by atoms with E-state index < -0.39 is 36.1 Å². The van der Waals surface area contributed by atoms with E-state index in [1.807, 2.05) is 48.7 Å². The van der Waals surface area contributed by atoms with Crippen molar-refractivity contribution in [2.75, 3.05) is 32.7 Å². The van der Waals surface area contributed by atoms with Gasteiger partial charge in [-0.2, -0.15) is 13.2 Å². The van der Waals surface area contributed by atoms with Crippen molar-refractivity contribution in [2.24, 2.45) is 5.41 Å². The van der Waals surface area contributed by atoms with Gasteiger partial charge in [-0.15, -0.1) is 0 Å². The lowest BCUT2D eigenvalue weighted by Gasteiger charge is -2.38. The zero-order valence-electron chi connectivity index (χ0n) is 26.7. The number of fused-ring (bicyclic) bond motifs is 2. The van der Waals surface area contributed by atoms with Crippen LogP contribution >= 0.6 is 0 Å². The van der Waals surface area contributed by atoms with Crippen LogP contribution in [0.3, 0.4) is 0 Å². The minimum atomic E-state index is -4.30. The number of benzene rings is 3. The third-order valence-electron chi connectivity index (χ3n) is 9.93. The summed E-state index contributed by atoms with van der Waals surface area (Å²) in [6, 6.07) is 18.9. The van der Waals surface area contributed by atoms with Gasteiger partial charge in [-0.1, -0.05) is 74.0 Å². The zero-order chi connectivity index (χ0) is 33.2. The Morgan fingerprint density at radius 1 is 0.851 bits per heavy atom. The summed E-state index contributed by atoms with van der Waals surface area (Å²) in [6.45, 7) is 3.98. The van der Waals surface area contributed by atoms with Crippen LogP contribution in [0.2, 0.25) is 0 Å². The number of rotatable bonds is 9. The minimum absolute atomic E-state index is 0.0566. The number of aromatic nitrogens is 1. The highest BCUT2D eigenvalue weighted by molar-refractivity contribution is 6.05. The Hall–Kier alpha value is -4.02. The number of amides is 1. The van der Waals surface area contributed by atoms with Crippen molar-refractivity contribution < 1.29 is 27.9 Å². The van der Waals surface area contributed by atoms with Crippen LogP contribution in [0.4, 0.5) is 13.2 Å². The first kappa shape index (κ1) is 32.9. The number of carboxylic acids is 1. The maximum absolute atomic E-state index is 13.4. The molecular formula is C37H41F3N4O3. The molecule has 6 rings (SSSR count). The highest BCUT2D eigenvalue weighted by atomic mass is 19.4. The van der Waals surface area contributed by atoms with Crippen molar-refractivity contribution >= 4 is 33.4 Å². The molecule has 0 saturated carbocycles. The van der Waals surface area contributed by atoms with Gasteiger partial charge in [-0.05, 0) is 79.1 Å². The first-order chi connectivity index (χ1) is 22.5. The molecule has 7 nitrogen and oxygen atoms in total. The van der Waals surface area contributed by atoms with E-state index in [9.17, 15) is 27.9 Å². The molecule has 1 amide bonds. The molecule has 248 valence electrons. The fraction of sp³-hybridized carbons (Fsp3) is 0.432. The average molecular weight is 647 g/mol. The number of carboxylic acid groups (broad SMARTS) is 1. The van der Waals surface area contributed by atoms with Gasteiger partial charge in [0.25, 0.3) is 0 Å². The van der Waals surface area contributed by atoms with Gasteiger partial charge < -0.3 is 10.4 Å². The number of halogens is 3. The van der Waals surface area contributed by atoms with E-state index >= 15 is 0 Å². The Labute approximate surface area is 272 Å². The molecule has 1 atom stereocenters. The maximum atomic E-state index is 13.4. The molecule has 2 aliphatic heterocycles. The molecule has 3 heterocycles. The molecular weight excluding hydrogens is 605 g/mol. The monoisotopic (exact) mass is 646 g/mol. The number of nitrogens with one attached hydrogen (secondary N) is 1. The molecule has 0 radical (unpaired) electrons. The van der Waals surface area contributed by atoms with Gasteiger partial charge in [0.05, 0.1) is 12.2 Å². The highest BCUT2D eigenvalue weighted by Crippen LogP contribution is 2.36. The Morgan fingerprint density at radius 2 is 1.49 bits per heavy atom. The molecule has 2 saturated heterocycles. The first-order valence-electron chi connectivity index (χ1n) is 16.4. The van der Waals surface area contributed by atoms with E-state index in [0.29, 0.717) is 0 Å². The summed E-state index contributed by atoms with van der Waals surface area (Å²) >= 11 is 0. The number of piperidine rings is 2. The molecule has 2 N–H and O–H groups in total. The number of pyridine rings is 1. The fourth-order valence-corrected chi connectivity index (χ4v) is 7.15. The molecule has 3 aromatic carbocycles. The standard InChI is InChI=1S/C37H41F3N4O3/c1-36(15-19-44(20-16-36)24-37(38,39)40)35(47)42-32(34(45)46)21-25-9-7-13-29-27(25)12-8-14-31(29)33-30-11-4-3-10-28(30)26(22-41-33)23-43-17-5-2-6-18-43/h3-4,7-14,22,32H,2,5-6,15-21,23-24H2,1H3,(H,42,47)(H,45,46)/t32-/m0/s1. The number of carbonyl (C=O) groups excluding carboxylic acids is 1. The maximum Gasteiger partial charge on any atom is 0.401 e. The highest BCUT2D eigenvalue weighted by Gasteiger charge is 2.41. The van der Waals surface area contributed by atoms with E-state index in [0.717, 1.165) is 52.6 Å². The molecule has 0 spiro atoms. The largest absolute Gasteiger partial charge is 0.480 e. The fourth-order valence-electron chi connectivity index (χ4n) is 7.15. The van der Waals surface area contributed by atoms with Crippen molar-refractivity contribution in [1.82, 2.24) is 20.1 Å². The summed E-state index contributed by atoms with van der Waals surface area (Å²) in [7, 11) is 0. The van der Waals surface area contributed by atoms with Gasteiger partial charge in [0, 0.05) is 35.5 Å². The summed E-state index contributed by atoms with van der Waals surface area (Å²) in [5.41, 5.74) is 2.83. The molecule has 2 aliphatic rings. The van der Waals surface area contributed by atoms with Crippen molar-refractivity contribution in [2.45, 2.75) is 64.2 Å². The molecule has 0 aliphatic carbocycles. The quantitative estimate of drug-likeness (QED) is 0.208. The summed E-state index contributed by atoms with van der Waals surface area (Å²) < 4.78 is 38.6. The number of carbonyl (C=O) groups is 2. The average Bonchev–Trinajstić information content (AvgIpc) is 3.05. The number of aliphatic carboxylic acids is 1. The van der Waals surface area contributed by atoms with E-state index in [4.69, 9.17) is 4.98 Å². The molecule has 1 aromatic heterocycles. The third kappa shape index (κ3) is 7.44. The lowest BCUT2D eigenvalue weighted by atomic mass is 9.79. The van der Waals surface area contributed by atoms with Crippen LogP contribution in [0.5, 0.6) is 0 Å². The Bertz CT molecular complexity index is 1760. The molecule has 10 heteroatoms. The zero-order valence-corrected chi connectivity index (χ0v) is 26.7. The normalized spacial score (nSPS) is 18.3.